The van der Waals surface area contributed by atoms with Gasteiger partial charge in [-0.2, -0.15) is 0 Å². The molecule has 2 rings (SSSR count). The van der Waals surface area contributed by atoms with Crippen LogP contribution in [-0.2, 0) is 0 Å². The molecule has 1 aromatic carbocycles. The maximum absolute atomic E-state index is 11.8. The fourth-order valence-corrected chi connectivity index (χ4v) is 3.27. The average Bonchev–Trinajstić information content (AvgIpc) is 2.85. The molecule has 5 heteroatoms. The number of nitrogens with one attached hydrogen (secondary N) is 1. The SMILES string of the molecule is CCNC(=O)c1ccc(N)c(Sc2cccs2)c1. The highest BCUT2D eigenvalue weighted by Crippen LogP contribution is 2.35. The van der Waals surface area contributed by atoms with Crippen molar-refractivity contribution >= 4 is 34.7 Å². The lowest BCUT2D eigenvalue weighted by Gasteiger charge is -2.07. The highest BCUT2D eigenvalue weighted by molar-refractivity contribution is 8.01. The molecule has 0 fully saturated rings. The molecule has 0 aliphatic rings. The standard InChI is InChI=1S/C13H14N2OS2/c1-2-15-13(16)9-5-6-10(14)11(8-9)18-12-4-3-7-17-12/h3-8H,2,14H2,1H3,(H,15,16). The van der Waals surface area contributed by atoms with E-state index in [0.29, 0.717) is 17.8 Å². The van der Waals surface area contributed by atoms with Gasteiger partial charge in [-0.1, -0.05) is 17.8 Å². The van der Waals surface area contributed by atoms with Crippen LogP contribution in [-0.4, -0.2) is 12.5 Å². The fraction of sp³-hybridized carbons (Fsp3) is 0.154. The first-order chi connectivity index (χ1) is 8.70. The number of hydrogen-bond acceptors (Lipinski definition) is 4. The lowest BCUT2D eigenvalue weighted by atomic mass is 10.2. The summed E-state index contributed by atoms with van der Waals surface area (Å²) in [7, 11) is 0. The zero-order valence-corrected chi connectivity index (χ0v) is 11.6. The van der Waals surface area contributed by atoms with Crippen molar-refractivity contribution in [3.05, 3.63) is 41.3 Å². The second-order valence-electron chi connectivity index (χ2n) is 3.65. The number of thiophene rings is 1. The van der Waals surface area contributed by atoms with E-state index in [1.165, 1.54) is 0 Å². The maximum atomic E-state index is 11.8. The first kappa shape index (κ1) is 13.0. The number of rotatable bonds is 4. The van der Waals surface area contributed by atoms with Crippen molar-refractivity contribution in [3.63, 3.8) is 0 Å². The molecule has 0 unspecified atom stereocenters. The molecule has 0 atom stereocenters. The number of amides is 1. The van der Waals surface area contributed by atoms with E-state index in [2.05, 4.69) is 5.32 Å². The maximum Gasteiger partial charge on any atom is 0.251 e. The van der Waals surface area contributed by atoms with Crippen LogP contribution in [0.3, 0.4) is 0 Å². The van der Waals surface area contributed by atoms with Crippen LogP contribution in [0.25, 0.3) is 0 Å². The quantitative estimate of drug-likeness (QED) is 0.844. The average molecular weight is 278 g/mol. The minimum Gasteiger partial charge on any atom is -0.398 e. The molecule has 3 N–H and O–H groups in total. The van der Waals surface area contributed by atoms with Gasteiger partial charge >= 0.3 is 0 Å². The third-order valence-corrected chi connectivity index (χ3v) is 4.43. The van der Waals surface area contributed by atoms with Crippen LogP contribution in [0, 0.1) is 0 Å². The Labute approximate surface area is 114 Å². The molecule has 3 nitrogen and oxygen atoms in total. The summed E-state index contributed by atoms with van der Waals surface area (Å²) in [6.45, 7) is 2.52. The summed E-state index contributed by atoms with van der Waals surface area (Å²) in [5.41, 5.74) is 7.27. The molecule has 0 bridgehead atoms. The van der Waals surface area contributed by atoms with Gasteiger partial charge < -0.3 is 11.1 Å². The smallest absolute Gasteiger partial charge is 0.251 e. The molecule has 1 aromatic heterocycles. The summed E-state index contributed by atoms with van der Waals surface area (Å²) >= 11 is 3.24. The minimum absolute atomic E-state index is 0.0643. The number of carbonyl (C=O) groups excluding carboxylic acids is 1. The molecule has 0 spiro atoms. The van der Waals surface area contributed by atoms with Crippen molar-refractivity contribution in [1.29, 1.82) is 0 Å². The summed E-state index contributed by atoms with van der Waals surface area (Å²) in [6.07, 6.45) is 0. The Bertz CT molecular complexity index is 538. The minimum atomic E-state index is -0.0643. The predicted molar refractivity (Wildman–Crippen MR) is 77.3 cm³/mol. The zero-order chi connectivity index (χ0) is 13.0. The normalized spacial score (nSPS) is 10.3. The third kappa shape index (κ3) is 3.05. The largest absolute Gasteiger partial charge is 0.398 e. The Morgan fingerprint density at radius 1 is 1.44 bits per heavy atom. The monoisotopic (exact) mass is 278 g/mol. The van der Waals surface area contributed by atoms with Crippen molar-refractivity contribution in [3.8, 4) is 0 Å². The molecule has 18 heavy (non-hydrogen) atoms. The van der Waals surface area contributed by atoms with Crippen LogP contribution in [0.15, 0.2) is 44.8 Å². The van der Waals surface area contributed by atoms with Gasteiger partial charge in [-0.25, -0.2) is 0 Å². The Morgan fingerprint density at radius 2 is 2.28 bits per heavy atom. The molecule has 0 saturated carbocycles. The van der Waals surface area contributed by atoms with Crippen molar-refractivity contribution in [1.82, 2.24) is 5.32 Å². The van der Waals surface area contributed by atoms with E-state index in [1.807, 2.05) is 30.5 Å². The molecule has 1 heterocycles. The van der Waals surface area contributed by atoms with Gasteiger partial charge in [-0.15, -0.1) is 11.3 Å². The first-order valence-corrected chi connectivity index (χ1v) is 7.29. The fourth-order valence-electron chi connectivity index (χ4n) is 1.46. The lowest BCUT2D eigenvalue weighted by molar-refractivity contribution is 0.0955. The van der Waals surface area contributed by atoms with Crippen LogP contribution in [0.1, 0.15) is 17.3 Å². The van der Waals surface area contributed by atoms with Gasteiger partial charge in [0.1, 0.15) is 0 Å². The Kier molecular flexibility index (Phi) is 4.28. The van der Waals surface area contributed by atoms with Crippen molar-refractivity contribution in [2.24, 2.45) is 0 Å². The summed E-state index contributed by atoms with van der Waals surface area (Å²) in [4.78, 5) is 12.7. The predicted octanol–water partition coefficient (Wildman–Crippen LogP) is 3.23. The lowest BCUT2D eigenvalue weighted by Crippen LogP contribution is -2.22. The number of anilines is 1. The van der Waals surface area contributed by atoms with Gasteiger partial charge in [0, 0.05) is 22.7 Å². The van der Waals surface area contributed by atoms with Crippen LogP contribution >= 0.6 is 23.1 Å². The summed E-state index contributed by atoms with van der Waals surface area (Å²) in [5, 5.41) is 4.80. The molecule has 0 aliphatic heterocycles. The van der Waals surface area contributed by atoms with Gasteiger partial charge in [0.2, 0.25) is 0 Å². The zero-order valence-electron chi connectivity index (χ0n) is 9.97. The highest BCUT2D eigenvalue weighted by Gasteiger charge is 2.09. The number of nitrogens with two attached hydrogens (primary N) is 1. The highest BCUT2D eigenvalue weighted by atomic mass is 32.2. The van der Waals surface area contributed by atoms with E-state index in [-0.39, 0.29) is 5.91 Å². The van der Waals surface area contributed by atoms with E-state index in [4.69, 9.17) is 5.73 Å². The third-order valence-electron chi connectivity index (χ3n) is 2.32. The van der Waals surface area contributed by atoms with Crippen LogP contribution < -0.4 is 11.1 Å². The Morgan fingerprint density at radius 3 is 2.94 bits per heavy atom. The van der Waals surface area contributed by atoms with Crippen LogP contribution in [0.4, 0.5) is 5.69 Å². The first-order valence-electron chi connectivity index (χ1n) is 5.59. The van der Waals surface area contributed by atoms with Gasteiger partial charge in [0.15, 0.2) is 0 Å². The summed E-state index contributed by atoms with van der Waals surface area (Å²) in [6, 6.07) is 9.40. The van der Waals surface area contributed by atoms with Crippen LogP contribution in [0.5, 0.6) is 0 Å². The second kappa shape index (κ2) is 5.93. The second-order valence-corrected chi connectivity index (χ2v) is 5.94. The number of hydrogen-bond donors (Lipinski definition) is 2. The number of benzene rings is 1. The van der Waals surface area contributed by atoms with Crippen LogP contribution in [0.2, 0.25) is 0 Å². The van der Waals surface area contributed by atoms with Gasteiger partial charge in [0.25, 0.3) is 5.91 Å². The number of carbonyl (C=O) groups is 1. The topological polar surface area (TPSA) is 55.1 Å². The van der Waals surface area contributed by atoms with Crippen molar-refractivity contribution < 1.29 is 4.79 Å². The molecule has 2 aromatic rings. The van der Waals surface area contributed by atoms with Gasteiger partial charge in [0.05, 0.1) is 4.21 Å². The summed E-state index contributed by atoms with van der Waals surface area (Å²) in [5.74, 6) is -0.0643. The van der Waals surface area contributed by atoms with Crippen molar-refractivity contribution in [2.75, 3.05) is 12.3 Å². The molecular formula is C13H14N2OS2. The molecule has 94 valence electrons. The Balaban J connectivity index is 2.24. The van der Waals surface area contributed by atoms with E-state index in [9.17, 15) is 4.79 Å². The molecule has 0 radical (unpaired) electrons. The molecular weight excluding hydrogens is 264 g/mol. The summed E-state index contributed by atoms with van der Waals surface area (Å²) < 4.78 is 1.16. The molecule has 0 aliphatic carbocycles. The van der Waals surface area contributed by atoms with E-state index in [0.717, 1.165) is 9.10 Å². The van der Waals surface area contributed by atoms with Gasteiger partial charge in [-0.05, 0) is 36.6 Å². The van der Waals surface area contributed by atoms with Gasteiger partial charge in [-0.3, -0.25) is 4.79 Å². The van der Waals surface area contributed by atoms with E-state index in [1.54, 1.807) is 35.2 Å². The molecule has 1 amide bonds. The molecule has 0 saturated heterocycles. The van der Waals surface area contributed by atoms with Crippen molar-refractivity contribution in [2.45, 2.75) is 16.0 Å². The number of nitrogen functional groups attached to an aromatic ring is 1. The van der Waals surface area contributed by atoms with E-state index >= 15 is 0 Å². The van der Waals surface area contributed by atoms with E-state index < -0.39 is 0 Å². The Hall–Kier alpha value is -1.46.